The summed E-state index contributed by atoms with van der Waals surface area (Å²) in [5, 5.41) is 16.5. The molecule has 10 heteroatoms. The first kappa shape index (κ1) is 25.1. The Kier molecular flexibility index (Phi) is 6.66. The number of carbonyl (C=O) groups excluding carboxylic acids is 2. The van der Waals surface area contributed by atoms with Gasteiger partial charge in [-0.1, -0.05) is 19.9 Å². The van der Waals surface area contributed by atoms with E-state index in [4.69, 9.17) is 9.88 Å². The predicted octanol–water partition coefficient (Wildman–Crippen LogP) is 3.49. The van der Waals surface area contributed by atoms with Crippen LogP contribution in [-0.4, -0.2) is 37.3 Å². The van der Waals surface area contributed by atoms with E-state index in [-0.39, 0.29) is 27.8 Å². The van der Waals surface area contributed by atoms with E-state index in [2.05, 4.69) is 4.98 Å². The van der Waals surface area contributed by atoms with Crippen molar-refractivity contribution in [1.29, 1.82) is 0 Å². The topological polar surface area (TPSA) is 140 Å². The van der Waals surface area contributed by atoms with Crippen molar-refractivity contribution in [2.45, 2.75) is 30.7 Å². The Hall–Kier alpha value is -4.02. The Balaban J connectivity index is 1.91. The van der Waals surface area contributed by atoms with E-state index in [0.29, 0.717) is 17.0 Å². The summed E-state index contributed by atoms with van der Waals surface area (Å²) >= 11 is 0. The standard InChI is InChI=1S/C26H25N3O6S/c1-15(2)19-14-16(7-12-21(19)35-3)24(30)22-23(20-6-4-5-13-28-20)29(26(32)25(22)31)17-8-10-18(11-9-17)36(27,33)34/h4-15,23,30H,1-3H3,(H2,27,33,34)/b24-22-. The first-order valence-electron chi connectivity index (χ1n) is 11.1. The molecule has 2 heterocycles. The summed E-state index contributed by atoms with van der Waals surface area (Å²) in [7, 11) is -2.40. The summed E-state index contributed by atoms with van der Waals surface area (Å²) in [5.74, 6) is -1.41. The lowest BCUT2D eigenvalue weighted by atomic mass is 9.94. The SMILES string of the molecule is COc1ccc(/C(O)=C2/C(=O)C(=O)N(c3ccc(S(N)(=O)=O)cc3)C2c2ccccn2)cc1C(C)C. The van der Waals surface area contributed by atoms with Gasteiger partial charge in [-0.25, -0.2) is 13.6 Å². The minimum atomic E-state index is -3.95. The van der Waals surface area contributed by atoms with Crippen molar-refractivity contribution in [2.75, 3.05) is 12.0 Å². The number of hydrogen-bond donors (Lipinski definition) is 2. The second-order valence-electron chi connectivity index (χ2n) is 8.57. The van der Waals surface area contributed by atoms with Crippen molar-refractivity contribution >= 4 is 33.2 Å². The second kappa shape index (κ2) is 9.56. The lowest BCUT2D eigenvalue weighted by Gasteiger charge is -2.24. The summed E-state index contributed by atoms with van der Waals surface area (Å²) in [6.07, 6.45) is 1.52. The summed E-state index contributed by atoms with van der Waals surface area (Å²) in [6.45, 7) is 3.94. The molecule has 1 unspecified atom stereocenters. The minimum Gasteiger partial charge on any atom is -0.507 e. The van der Waals surface area contributed by atoms with Gasteiger partial charge < -0.3 is 9.84 Å². The Morgan fingerprint density at radius 1 is 1.08 bits per heavy atom. The molecule has 1 aliphatic rings. The van der Waals surface area contributed by atoms with Gasteiger partial charge >= 0.3 is 0 Å². The molecule has 36 heavy (non-hydrogen) atoms. The zero-order valence-electron chi connectivity index (χ0n) is 19.9. The van der Waals surface area contributed by atoms with Gasteiger partial charge in [0.1, 0.15) is 17.6 Å². The maximum atomic E-state index is 13.3. The molecule has 1 amide bonds. The van der Waals surface area contributed by atoms with E-state index in [9.17, 15) is 23.1 Å². The highest BCUT2D eigenvalue weighted by molar-refractivity contribution is 7.89. The molecule has 0 saturated carbocycles. The molecule has 9 nitrogen and oxygen atoms in total. The number of aliphatic hydroxyl groups is 1. The van der Waals surface area contributed by atoms with Gasteiger partial charge in [-0.2, -0.15) is 0 Å². The summed E-state index contributed by atoms with van der Waals surface area (Å²) in [6, 6.07) is 14.3. The number of rotatable bonds is 6. The molecule has 0 bridgehead atoms. The number of carbonyl (C=O) groups is 2. The van der Waals surface area contributed by atoms with E-state index in [1.54, 1.807) is 43.5 Å². The van der Waals surface area contributed by atoms with Crippen LogP contribution in [-0.2, 0) is 19.6 Å². The average molecular weight is 508 g/mol. The number of ether oxygens (including phenoxy) is 1. The monoisotopic (exact) mass is 507 g/mol. The maximum Gasteiger partial charge on any atom is 0.300 e. The highest BCUT2D eigenvalue weighted by Gasteiger charge is 2.47. The van der Waals surface area contributed by atoms with Crippen molar-refractivity contribution in [3.8, 4) is 5.75 Å². The third-order valence-corrected chi connectivity index (χ3v) is 6.91. The zero-order chi connectivity index (χ0) is 26.2. The van der Waals surface area contributed by atoms with Crippen LogP contribution in [0.2, 0.25) is 0 Å². The van der Waals surface area contributed by atoms with Crippen LogP contribution in [0.15, 0.2) is 77.3 Å². The van der Waals surface area contributed by atoms with E-state index in [1.807, 2.05) is 13.8 Å². The molecule has 186 valence electrons. The van der Waals surface area contributed by atoms with Gasteiger partial charge in [-0.15, -0.1) is 0 Å². The normalized spacial score (nSPS) is 17.6. The zero-order valence-corrected chi connectivity index (χ0v) is 20.7. The van der Waals surface area contributed by atoms with Crippen LogP contribution in [0, 0.1) is 0 Å². The largest absolute Gasteiger partial charge is 0.507 e. The fraction of sp³-hybridized carbons (Fsp3) is 0.192. The van der Waals surface area contributed by atoms with Gasteiger partial charge in [0.25, 0.3) is 11.7 Å². The maximum absolute atomic E-state index is 13.3. The fourth-order valence-electron chi connectivity index (χ4n) is 4.20. The number of pyridine rings is 1. The molecule has 1 aliphatic heterocycles. The predicted molar refractivity (Wildman–Crippen MR) is 134 cm³/mol. The van der Waals surface area contributed by atoms with E-state index in [0.717, 1.165) is 5.56 Å². The first-order valence-corrected chi connectivity index (χ1v) is 12.6. The number of nitrogens with zero attached hydrogens (tertiary/aromatic N) is 2. The van der Waals surface area contributed by atoms with Gasteiger partial charge in [0.05, 0.1) is 23.3 Å². The molecule has 1 aromatic heterocycles. The first-order chi connectivity index (χ1) is 17.0. The number of nitrogens with two attached hydrogens (primary N) is 1. The molecule has 1 saturated heterocycles. The molecular formula is C26H25N3O6S. The number of amides is 1. The van der Waals surface area contributed by atoms with Gasteiger partial charge in [0.2, 0.25) is 10.0 Å². The van der Waals surface area contributed by atoms with Crippen molar-refractivity contribution in [2.24, 2.45) is 5.14 Å². The van der Waals surface area contributed by atoms with Gasteiger partial charge in [-0.3, -0.25) is 19.5 Å². The van der Waals surface area contributed by atoms with E-state index >= 15 is 0 Å². The number of aromatic nitrogens is 1. The number of methoxy groups -OCH3 is 1. The fourth-order valence-corrected chi connectivity index (χ4v) is 4.72. The van der Waals surface area contributed by atoms with Crippen LogP contribution in [0.25, 0.3) is 5.76 Å². The number of hydrogen-bond acceptors (Lipinski definition) is 7. The highest BCUT2D eigenvalue weighted by atomic mass is 32.2. The molecule has 1 atom stereocenters. The van der Waals surface area contributed by atoms with Crippen LogP contribution >= 0.6 is 0 Å². The quantitative estimate of drug-likeness (QED) is 0.296. The van der Waals surface area contributed by atoms with Crippen molar-refractivity contribution < 1.29 is 27.9 Å². The summed E-state index contributed by atoms with van der Waals surface area (Å²) in [5.41, 5.74) is 1.64. The van der Waals surface area contributed by atoms with Crippen LogP contribution in [0.5, 0.6) is 5.75 Å². The molecule has 0 aliphatic carbocycles. The molecule has 3 N–H and O–H groups in total. The van der Waals surface area contributed by atoms with E-state index in [1.165, 1.54) is 35.4 Å². The number of aliphatic hydroxyl groups excluding tert-OH is 1. The Bertz CT molecular complexity index is 1470. The van der Waals surface area contributed by atoms with Gasteiger partial charge in [0.15, 0.2) is 0 Å². The van der Waals surface area contributed by atoms with Crippen LogP contribution < -0.4 is 14.8 Å². The van der Waals surface area contributed by atoms with Crippen LogP contribution in [0.1, 0.15) is 42.6 Å². The van der Waals surface area contributed by atoms with Gasteiger partial charge in [0, 0.05) is 17.4 Å². The van der Waals surface area contributed by atoms with Crippen LogP contribution in [0.4, 0.5) is 5.69 Å². The lowest BCUT2D eigenvalue weighted by molar-refractivity contribution is -0.132. The lowest BCUT2D eigenvalue weighted by Crippen LogP contribution is -2.29. The van der Waals surface area contributed by atoms with Crippen molar-refractivity contribution in [3.63, 3.8) is 0 Å². The summed E-state index contributed by atoms with van der Waals surface area (Å²) < 4.78 is 28.8. The number of primary sulfonamides is 1. The number of anilines is 1. The minimum absolute atomic E-state index is 0.0686. The number of ketones is 1. The third kappa shape index (κ3) is 4.48. The summed E-state index contributed by atoms with van der Waals surface area (Å²) in [4.78, 5) is 31.9. The molecule has 1 fully saturated rings. The molecule has 0 spiro atoms. The Labute approximate surface area is 208 Å². The number of sulfonamides is 1. The molecular weight excluding hydrogens is 482 g/mol. The Morgan fingerprint density at radius 3 is 2.33 bits per heavy atom. The molecule has 3 aromatic rings. The third-order valence-electron chi connectivity index (χ3n) is 5.98. The van der Waals surface area contributed by atoms with Crippen molar-refractivity contribution in [3.05, 3.63) is 89.3 Å². The average Bonchev–Trinajstić information content (AvgIpc) is 3.13. The Morgan fingerprint density at radius 2 is 1.78 bits per heavy atom. The molecule has 2 aromatic carbocycles. The molecule has 0 radical (unpaired) electrons. The van der Waals surface area contributed by atoms with Crippen molar-refractivity contribution in [1.82, 2.24) is 4.98 Å². The number of benzene rings is 2. The van der Waals surface area contributed by atoms with Crippen LogP contribution in [0.3, 0.4) is 0 Å². The van der Waals surface area contributed by atoms with E-state index < -0.39 is 27.8 Å². The van der Waals surface area contributed by atoms with Gasteiger partial charge in [-0.05, 0) is 66.1 Å². The molecule has 4 rings (SSSR count). The second-order valence-corrected chi connectivity index (χ2v) is 10.1. The highest BCUT2D eigenvalue weighted by Crippen LogP contribution is 2.42. The smallest absolute Gasteiger partial charge is 0.300 e. The number of Topliss-reactive ketones (excluding diaryl/α,β-unsaturated/α-hetero) is 1.